The molecule has 1 aromatic carbocycles. The number of fused-ring (bicyclic) bond motifs is 1. The van der Waals surface area contributed by atoms with E-state index in [1.807, 2.05) is 18.2 Å². The summed E-state index contributed by atoms with van der Waals surface area (Å²) < 4.78 is 0. The molecule has 1 aliphatic rings. The molecule has 3 rings (SSSR count). The van der Waals surface area contributed by atoms with Gasteiger partial charge in [-0.05, 0) is 11.6 Å². The van der Waals surface area contributed by atoms with E-state index in [4.69, 9.17) is 0 Å². The van der Waals surface area contributed by atoms with E-state index in [0.29, 0.717) is 6.54 Å². The number of imidazole rings is 1. The Morgan fingerprint density at radius 3 is 3.05 bits per heavy atom. The first-order chi connectivity index (χ1) is 9.24. The molecular formula is C14H16N4O. The van der Waals surface area contributed by atoms with E-state index in [-0.39, 0.29) is 11.9 Å². The van der Waals surface area contributed by atoms with Gasteiger partial charge < -0.3 is 15.2 Å². The molecular weight excluding hydrogens is 240 g/mol. The molecule has 1 aliphatic heterocycles. The highest BCUT2D eigenvalue weighted by Crippen LogP contribution is 2.25. The summed E-state index contributed by atoms with van der Waals surface area (Å²) in [5.74, 6) is 0.888. The van der Waals surface area contributed by atoms with Crippen LogP contribution >= 0.6 is 0 Å². The Morgan fingerprint density at radius 2 is 2.32 bits per heavy atom. The van der Waals surface area contributed by atoms with Crippen molar-refractivity contribution in [2.45, 2.75) is 19.0 Å². The third-order valence-corrected chi connectivity index (χ3v) is 3.39. The first-order valence-electron chi connectivity index (χ1n) is 6.32. The Hall–Kier alpha value is -2.30. The lowest BCUT2D eigenvalue weighted by Gasteiger charge is -2.20. The minimum Gasteiger partial charge on any atom is -0.373 e. The van der Waals surface area contributed by atoms with E-state index in [0.717, 1.165) is 17.9 Å². The molecule has 1 aromatic heterocycles. The molecule has 0 radical (unpaired) electrons. The van der Waals surface area contributed by atoms with Crippen molar-refractivity contribution in [3.63, 3.8) is 0 Å². The van der Waals surface area contributed by atoms with Gasteiger partial charge in [0.05, 0.1) is 6.54 Å². The highest BCUT2D eigenvalue weighted by Gasteiger charge is 2.28. The van der Waals surface area contributed by atoms with Gasteiger partial charge in [-0.1, -0.05) is 18.2 Å². The van der Waals surface area contributed by atoms with Gasteiger partial charge in [-0.3, -0.25) is 4.79 Å². The predicted molar refractivity (Wildman–Crippen MR) is 72.6 cm³/mol. The molecule has 5 nitrogen and oxygen atoms in total. The SMILES string of the molecule is CN(Cc1ncc[nH]1)C(=O)[C@@H]1Cc2ccccc2N1. The second-order valence-electron chi connectivity index (χ2n) is 4.79. The molecule has 0 aliphatic carbocycles. The number of hydrogen-bond acceptors (Lipinski definition) is 3. The molecule has 2 heterocycles. The van der Waals surface area contributed by atoms with Crippen LogP contribution in [-0.4, -0.2) is 33.9 Å². The van der Waals surface area contributed by atoms with Gasteiger partial charge in [0.1, 0.15) is 11.9 Å². The molecule has 0 spiro atoms. The quantitative estimate of drug-likeness (QED) is 0.872. The number of likely N-dealkylation sites (N-methyl/N-ethyl adjacent to an activating group) is 1. The summed E-state index contributed by atoms with van der Waals surface area (Å²) in [7, 11) is 1.80. The van der Waals surface area contributed by atoms with Gasteiger partial charge >= 0.3 is 0 Å². The Kier molecular flexibility index (Phi) is 2.95. The van der Waals surface area contributed by atoms with E-state index in [1.165, 1.54) is 5.56 Å². The summed E-state index contributed by atoms with van der Waals surface area (Å²) in [5.41, 5.74) is 2.26. The number of anilines is 1. The second-order valence-corrected chi connectivity index (χ2v) is 4.79. The van der Waals surface area contributed by atoms with Crippen molar-refractivity contribution in [1.82, 2.24) is 14.9 Å². The maximum atomic E-state index is 12.4. The molecule has 0 saturated heterocycles. The monoisotopic (exact) mass is 256 g/mol. The van der Waals surface area contributed by atoms with Gasteiger partial charge in [0.2, 0.25) is 5.91 Å². The number of nitrogens with one attached hydrogen (secondary N) is 2. The molecule has 0 fully saturated rings. The van der Waals surface area contributed by atoms with Crippen molar-refractivity contribution in [1.29, 1.82) is 0 Å². The van der Waals surface area contributed by atoms with Crippen molar-refractivity contribution in [3.05, 3.63) is 48.0 Å². The Labute approximate surface area is 111 Å². The van der Waals surface area contributed by atoms with Gasteiger partial charge in [-0.25, -0.2) is 4.98 Å². The lowest BCUT2D eigenvalue weighted by molar-refractivity contribution is -0.131. The van der Waals surface area contributed by atoms with Crippen LogP contribution in [0.15, 0.2) is 36.7 Å². The molecule has 98 valence electrons. The largest absolute Gasteiger partial charge is 0.373 e. The first kappa shape index (κ1) is 11.8. The van der Waals surface area contributed by atoms with Crippen LogP contribution in [0.1, 0.15) is 11.4 Å². The number of rotatable bonds is 3. The standard InChI is InChI=1S/C14H16N4O/c1-18(9-13-15-6-7-16-13)14(19)12-8-10-4-2-3-5-11(10)17-12/h2-7,12,17H,8-9H2,1H3,(H,15,16)/t12-/m0/s1. The number of H-pyrrole nitrogens is 1. The Morgan fingerprint density at radius 1 is 1.47 bits per heavy atom. The van der Waals surface area contributed by atoms with Gasteiger partial charge in [0.15, 0.2) is 0 Å². The van der Waals surface area contributed by atoms with Gasteiger partial charge in [-0.15, -0.1) is 0 Å². The Bertz CT molecular complexity index is 554. The molecule has 19 heavy (non-hydrogen) atoms. The molecule has 0 saturated carbocycles. The highest BCUT2D eigenvalue weighted by molar-refractivity contribution is 5.87. The molecule has 1 atom stereocenters. The van der Waals surface area contributed by atoms with Gasteiger partial charge in [0.25, 0.3) is 0 Å². The van der Waals surface area contributed by atoms with E-state index in [2.05, 4.69) is 21.4 Å². The van der Waals surface area contributed by atoms with Crippen LogP contribution in [0.4, 0.5) is 5.69 Å². The van der Waals surface area contributed by atoms with E-state index in [1.54, 1.807) is 24.3 Å². The topological polar surface area (TPSA) is 61.0 Å². The van der Waals surface area contributed by atoms with E-state index >= 15 is 0 Å². The molecule has 0 unspecified atom stereocenters. The highest BCUT2D eigenvalue weighted by atomic mass is 16.2. The van der Waals surface area contributed by atoms with Crippen LogP contribution < -0.4 is 5.32 Å². The van der Waals surface area contributed by atoms with Crippen LogP contribution in [-0.2, 0) is 17.8 Å². The van der Waals surface area contributed by atoms with Crippen LogP contribution in [0, 0.1) is 0 Å². The minimum atomic E-state index is -0.169. The van der Waals surface area contributed by atoms with E-state index in [9.17, 15) is 4.79 Å². The lowest BCUT2D eigenvalue weighted by atomic mass is 10.1. The molecule has 1 amide bonds. The number of hydrogen-bond donors (Lipinski definition) is 2. The fourth-order valence-electron chi connectivity index (χ4n) is 2.40. The number of carbonyl (C=O) groups excluding carboxylic acids is 1. The molecule has 2 aromatic rings. The first-order valence-corrected chi connectivity index (χ1v) is 6.32. The average molecular weight is 256 g/mol. The van der Waals surface area contributed by atoms with Crippen molar-refractivity contribution in [2.75, 3.05) is 12.4 Å². The van der Waals surface area contributed by atoms with Crippen LogP contribution in [0.5, 0.6) is 0 Å². The molecule has 0 bridgehead atoms. The predicted octanol–water partition coefficient (Wildman–Crippen LogP) is 1.40. The van der Waals surface area contributed by atoms with Crippen LogP contribution in [0.25, 0.3) is 0 Å². The Balaban J connectivity index is 1.66. The number of nitrogens with zero attached hydrogens (tertiary/aromatic N) is 2. The third kappa shape index (κ3) is 2.31. The summed E-state index contributed by atoms with van der Waals surface area (Å²) >= 11 is 0. The number of amides is 1. The summed E-state index contributed by atoms with van der Waals surface area (Å²) in [4.78, 5) is 21.2. The van der Waals surface area contributed by atoms with Crippen LogP contribution in [0.2, 0.25) is 0 Å². The minimum absolute atomic E-state index is 0.0904. The zero-order valence-corrected chi connectivity index (χ0v) is 10.8. The second kappa shape index (κ2) is 4.76. The fourth-order valence-corrected chi connectivity index (χ4v) is 2.40. The van der Waals surface area contributed by atoms with Crippen LogP contribution in [0.3, 0.4) is 0 Å². The van der Waals surface area contributed by atoms with E-state index < -0.39 is 0 Å². The summed E-state index contributed by atoms with van der Waals surface area (Å²) in [6.07, 6.45) is 4.20. The summed E-state index contributed by atoms with van der Waals surface area (Å²) in [5, 5.41) is 3.27. The number of aromatic nitrogens is 2. The normalized spacial score (nSPS) is 16.8. The number of carbonyl (C=O) groups is 1. The number of benzene rings is 1. The number of para-hydroxylation sites is 1. The molecule has 5 heteroatoms. The maximum absolute atomic E-state index is 12.4. The van der Waals surface area contributed by atoms with Gasteiger partial charge in [0, 0.05) is 31.5 Å². The van der Waals surface area contributed by atoms with Gasteiger partial charge in [-0.2, -0.15) is 0 Å². The van der Waals surface area contributed by atoms with Crippen molar-refractivity contribution < 1.29 is 4.79 Å². The summed E-state index contributed by atoms with van der Waals surface area (Å²) in [6, 6.07) is 7.88. The zero-order valence-electron chi connectivity index (χ0n) is 10.8. The smallest absolute Gasteiger partial charge is 0.245 e. The van der Waals surface area contributed by atoms with Crippen molar-refractivity contribution >= 4 is 11.6 Å². The lowest BCUT2D eigenvalue weighted by Crippen LogP contribution is -2.39. The zero-order chi connectivity index (χ0) is 13.2. The molecule has 2 N–H and O–H groups in total. The maximum Gasteiger partial charge on any atom is 0.245 e. The third-order valence-electron chi connectivity index (χ3n) is 3.39. The van der Waals surface area contributed by atoms with Crippen molar-refractivity contribution in [2.24, 2.45) is 0 Å². The fraction of sp³-hybridized carbons (Fsp3) is 0.286. The average Bonchev–Trinajstić information content (AvgIpc) is 3.05. The van der Waals surface area contributed by atoms with Crippen molar-refractivity contribution in [3.8, 4) is 0 Å². The summed E-state index contributed by atoms with van der Waals surface area (Å²) in [6.45, 7) is 0.500. The number of aromatic amines is 1.